The van der Waals surface area contributed by atoms with Crippen molar-refractivity contribution in [2.45, 2.75) is 24.8 Å². The van der Waals surface area contributed by atoms with E-state index in [1.807, 2.05) is 7.05 Å². The predicted octanol–water partition coefficient (Wildman–Crippen LogP) is 2.43. The second-order valence-corrected chi connectivity index (χ2v) is 10.2. The first kappa shape index (κ1) is 26.0. The minimum Gasteiger partial charge on any atom is -0.492 e. The molecular weight excluding hydrogens is 480 g/mol. The van der Waals surface area contributed by atoms with Crippen LogP contribution in [0.1, 0.15) is 24.2 Å². The lowest BCUT2D eigenvalue weighted by atomic mass is 10.1. The fourth-order valence-corrected chi connectivity index (χ4v) is 4.94. The number of piperazine rings is 1. The van der Waals surface area contributed by atoms with Gasteiger partial charge in [0.15, 0.2) is 0 Å². The number of nitrogens with one attached hydrogen (secondary N) is 2. The van der Waals surface area contributed by atoms with Crippen molar-refractivity contribution in [3.05, 3.63) is 53.1 Å². The van der Waals surface area contributed by atoms with Gasteiger partial charge in [-0.2, -0.15) is 4.72 Å². The molecule has 34 heavy (non-hydrogen) atoms. The molecule has 3 rings (SSSR count). The Labute approximate surface area is 205 Å². The zero-order chi connectivity index (χ0) is 24.9. The molecule has 2 aromatic carbocycles. The summed E-state index contributed by atoms with van der Waals surface area (Å²) in [4.78, 5) is 29.1. The lowest BCUT2D eigenvalue weighted by Gasteiger charge is -2.32. The van der Waals surface area contributed by atoms with Gasteiger partial charge in [-0.25, -0.2) is 8.42 Å². The summed E-state index contributed by atoms with van der Waals surface area (Å²) >= 11 is 6.09. The number of hydrogen-bond donors (Lipinski definition) is 2. The normalized spacial score (nSPS) is 15.6. The Bertz CT molecular complexity index is 1130. The summed E-state index contributed by atoms with van der Waals surface area (Å²) in [5.41, 5.74) is 0.985. The van der Waals surface area contributed by atoms with Crippen LogP contribution in [0.3, 0.4) is 0 Å². The molecule has 2 amide bonds. The van der Waals surface area contributed by atoms with Crippen molar-refractivity contribution in [1.29, 1.82) is 0 Å². The van der Waals surface area contributed by atoms with Gasteiger partial charge in [-0.05, 0) is 63.4 Å². The van der Waals surface area contributed by atoms with Gasteiger partial charge in [-0.1, -0.05) is 11.6 Å². The van der Waals surface area contributed by atoms with E-state index in [2.05, 4.69) is 14.9 Å². The molecule has 1 heterocycles. The van der Waals surface area contributed by atoms with Crippen molar-refractivity contribution < 1.29 is 22.7 Å². The topological polar surface area (TPSA) is 108 Å². The zero-order valence-corrected chi connectivity index (χ0v) is 20.9. The van der Waals surface area contributed by atoms with E-state index < -0.39 is 22.0 Å². The molecular formula is C23H29ClN4O5S. The third kappa shape index (κ3) is 6.47. The Hall–Kier alpha value is -2.66. The number of anilines is 1. The van der Waals surface area contributed by atoms with Crippen molar-refractivity contribution in [1.82, 2.24) is 14.5 Å². The van der Waals surface area contributed by atoms with E-state index in [9.17, 15) is 18.0 Å². The number of rotatable bonds is 8. The second kappa shape index (κ2) is 11.2. The highest BCUT2D eigenvalue weighted by Crippen LogP contribution is 2.27. The molecule has 11 heteroatoms. The average molecular weight is 509 g/mol. The minimum absolute atomic E-state index is 0.0545. The van der Waals surface area contributed by atoms with E-state index in [0.717, 1.165) is 13.1 Å². The molecule has 2 aromatic rings. The highest BCUT2D eigenvalue weighted by Gasteiger charge is 2.24. The molecule has 1 saturated heterocycles. The third-order valence-corrected chi connectivity index (χ3v) is 7.26. The molecule has 0 spiro atoms. The number of carbonyl (C=O) groups excluding carboxylic acids is 2. The maximum Gasteiger partial charge on any atom is 0.253 e. The van der Waals surface area contributed by atoms with Gasteiger partial charge in [0.25, 0.3) is 5.91 Å². The zero-order valence-electron chi connectivity index (χ0n) is 19.4. The Morgan fingerprint density at radius 2 is 1.74 bits per heavy atom. The maximum atomic E-state index is 12.7. The number of hydrogen-bond acceptors (Lipinski definition) is 6. The predicted molar refractivity (Wildman–Crippen MR) is 131 cm³/mol. The van der Waals surface area contributed by atoms with Crippen LogP contribution in [-0.4, -0.2) is 75.9 Å². The first-order chi connectivity index (χ1) is 16.1. The van der Waals surface area contributed by atoms with Crippen LogP contribution < -0.4 is 14.8 Å². The number of nitrogens with zero attached hydrogens (tertiary/aromatic N) is 2. The SMILES string of the molecule is CCOc1ccc(S(=O)(=O)N[C@H](C)C(=O)Nc2ccc(C(=O)N3CCN(C)CC3)cc2)cc1Cl. The highest BCUT2D eigenvalue weighted by molar-refractivity contribution is 7.89. The van der Waals surface area contributed by atoms with Gasteiger partial charge < -0.3 is 19.9 Å². The Balaban J connectivity index is 1.59. The summed E-state index contributed by atoms with van der Waals surface area (Å²) in [7, 11) is -1.97. The molecule has 0 aliphatic carbocycles. The quantitative estimate of drug-likeness (QED) is 0.567. The van der Waals surface area contributed by atoms with E-state index in [4.69, 9.17) is 16.3 Å². The number of ether oxygens (including phenoxy) is 1. The van der Waals surface area contributed by atoms with E-state index in [1.54, 1.807) is 36.1 Å². The summed E-state index contributed by atoms with van der Waals surface area (Å²) in [6.45, 7) is 6.63. The highest BCUT2D eigenvalue weighted by atomic mass is 35.5. The molecule has 0 unspecified atom stereocenters. The smallest absolute Gasteiger partial charge is 0.253 e. The lowest BCUT2D eigenvalue weighted by Crippen LogP contribution is -2.47. The van der Waals surface area contributed by atoms with Crippen LogP contribution in [-0.2, 0) is 14.8 Å². The summed E-state index contributed by atoms with van der Waals surface area (Å²) < 4.78 is 33.0. The molecule has 2 N–H and O–H groups in total. The molecule has 9 nitrogen and oxygen atoms in total. The van der Waals surface area contributed by atoms with Gasteiger partial charge in [0.2, 0.25) is 15.9 Å². The Morgan fingerprint density at radius 1 is 1.09 bits per heavy atom. The van der Waals surface area contributed by atoms with Crippen LogP contribution in [0.15, 0.2) is 47.4 Å². The van der Waals surface area contributed by atoms with Gasteiger partial charge in [-0.3, -0.25) is 9.59 Å². The molecule has 1 aliphatic heterocycles. The number of halogens is 1. The van der Waals surface area contributed by atoms with Crippen LogP contribution in [0.5, 0.6) is 5.75 Å². The summed E-state index contributed by atoms with van der Waals surface area (Å²) in [6, 6.07) is 9.58. The van der Waals surface area contributed by atoms with Gasteiger partial charge in [-0.15, -0.1) is 0 Å². The largest absolute Gasteiger partial charge is 0.492 e. The molecule has 0 saturated carbocycles. The number of benzene rings is 2. The molecule has 1 atom stereocenters. The maximum absolute atomic E-state index is 12.7. The first-order valence-corrected chi connectivity index (χ1v) is 12.8. The Morgan fingerprint density at radius 3 is 2.32 bits per heavy atom. The molecule has 1 fully saturated rings. The monoisotopic (exact) mass is 508 g/mol. The van der Waals surface area contributed by atoms with Crippen molar-refractivity contribution >= 4 is 39.1 Å². The van der Waals surface area contributed by atoms with Crippen molar-refractivity contribution in [3.8, 4) is 5.75 Å². The third-order valence-electron chi connectivity index (χ3n) is 5.43. The van der Waals surface area contributed by atoms with Crippen molar-refractivity contribution in [2.75, 3.05) is 45.2 Å². The fraction of sp³-hybridized carbons (Fsp3) is 0.391. The minimum atomic E-state index is -3.99. The molecule has 0 radical (unpaired) electrons. The Kier molecular flexibility index (Phi) is 8.53. The summed E-state index contributed by atoms with van der Waals surface area (Å²) in [6.07, 6.45) is 0. The second-order valence-electron chi connectivity index (χ2n) is 8.03. The van der Waals surface area contributed by atoms with Crippen LogP contribution in [0, 0.1) is 0 Å². The lowest BCUT2D eigenvalue weighted by molar-refractivity contribution is -0.117. The first-order valence-electron chi connectivity index (χ1n) is 10.9. The summed E-state index contributed by atoms with van der Waals surface area (Å²) in [5.74, 6) is -0.219. The molecule has 0 bridgehead atoms. The number of sulfonamides is 1. The van der Waals surface area contributed by atoms with Crippen molar-refractivity contribution in [3.63, 3.8) is 0 Å². The molecule has 0 aromatic heterocycles. The number of amides is 2. The van der Waals surface area contributed by atoms with Gasteiger partial charge >= 0.3 is 0 Å². The van der Waals surface area contributed by atoms with Gasteiger partial charge in [0.05, 0.1) is 22.6 Å². The van der Waals surface area contributed by atoms with E-state index >= 15 is 0 Å². The van der Waals surface area contributed by atoms with E-state index in [-0.39, 0.29) is 15.8 Å². The summed E-state index contributed by atoms with van der Waals surface area (Å²) in [5, 5.41) is 2.82. The average Bonchev–Trinajstić information content (AvgIpc) is 2.80. The standard InChI is InChI=1S/C23H29ClN4O5S/c1-4-33-21-10-9-19(15-20(21)24)34(31,32)26-16(2)22(29)25-18-7-5-17(6-8-18)23(30)28-13-11-27(3)12-14-28/h5-10,15-16,26H,4,11-14H2,1-3H3,(H,25,29)/t16-/m1/s1. The molecule has 1 aliphatic rings. The van der Waals surface area contributed by atoms with Crippen LogP contribution in [0.25, 0.3) is 0 Å². The van der Waals surface area contributed by atoms with E-state index in [0.29, 0.717) is 36.7 Å². The van der Waals surface area contributed by atoms with Crippen molar-refractivity contribution in [2.24, 2.45) is 0 Å². The fourth-order valence-electron chi connectivity index (χ4n) is 3.41. The van der Waals surface area contributed by atoms with E-state index in [1.165, 1.54) is 25.1 Å². The van der Waals surface area contributed by atoms with Gasteiger partial charge in [0, 0.05) is 37.4 Å². The number of carbonyl (C=O) groups is 2. The van der Waals surface area contributed by atoms with Crippen LogP contribution >= 0.6 is 11.6 Å². The number of likely N-dealkylation sites (N-methyl/N-ethyl adjacent to an activating group) is 1. The molecule has 184 valence electrons. The van der Waals surface area contributed by atoms with Crippen LogP contribution in [0.4, 0.5) is 5.69 Å². The van der Waals surface area contributed by atoms with Gasteiger partial charge in [0.1, 0.15) is 5.75 Å². The van der Waals surface area contributed by atoms with Crippen LogP contribution in [0.2, 0.25) is 5.02 Å².